The first-order chi connectivity index (χ1) is 15.7. The Hall–Kier alpha value is -2.79. The van der Waals surface area contributed by atoms with E-state index in [-0.39, 0.29) is 17.9 Å². The van der Waals surface area contributed by atoms with E-state index < -0.39 is 34.2 Å². The third kappa shape index (κ3) is 7.64. The number of carbonyl (C=O) groups excluding carboxylic acids is 1. The van der Waals surface area contributed by atoms with E-state index in [1.54, 1.807) is 36.4 Å². The van der Waals surface area contributed by atoms with E-state index in [2.05, 4.69) is 10.0 Å². The standard InChI is InChI=1S/C23H28N2O7S/c1-16-5-11-19(12-6-16)33(29,30)25-20(15-32-22-4-2-3-13-31-22)23(28)24-18-9-7-17(8-10-18)14-21(26)27/h5-12,20,22,25H,2-4,13-15H2,1H3,(H,24,28)(H,26,27)/t20-,22?/m0/s1. The minimum atomic E-state index is -3.98. The van der Waals surface area contributed by atoms with Gasteiger partial charge in [0, 0.05) is 12.3 Å². The van der Waals surface area contributed by atoms with E-state index >= 15 is 0 Å². The van der Waals surface area contributed by atoms with Crippen LogP contribution in [-0.4, -0.2) is 50.9 Å². The van der Waals surface area contributed by atoms with E-state index in [1.165, 1.54) is 12.1 Å². The zero-order chi connectivity index (χ0) is 23.8. The Labute approximate surface area is 193 Å². The molecule has 1 aliphatic heterocycles. The lowest BCUT2D eigenvalue weighted by molar-refractivity contribution is -0.166. The Morgan fingerprint density at radius 3 is 2.42 bits per heavy atom. The number of hydrogen-bond acceptors (Lipinski definition) is 6. The van der Waals surface area contributed by atoms with Gasteiger partial charge in [0.1, 0.15) is 6.04 Å². The van der Waals surface area contributed by atoms with Gasteiger partial charge >= 0.3 is 5.97 Å². The highest BCUT2D eigenvalue weighted by Crippen LogP contribution is 2.16. The molecule has 1 heterocycles. The number of carboxylic acid groups (broad SMARTS) is 1. The summed E-state index contributed by atoms with van der Waals surface area (Å²) in [5.74, 6) is -1.56. The second-order valence-electron chi connectivity index (χ2n) is 7.87. The van der Waals surface area contributed by atoms with Gasteiger partial charge in [-0.3, -0.25) is 9.59 Å². The van der Waals surface area contributed by atoms with Gasteiger partial charge in [0.2, 0.25) is 15.9 Å². The van der Waals surface area contributed by atoms with Crippen LogP contribution in [0, 0.1) is 6.92 Å². The summed E-state index contributed by atoms with van der Waals surface area (Å²) in [7, 11) is -3.98. The number of aryl methyl sites for hydroxylation is 1. The predicted octanol–water partition coefficient (Wildman–Crippen LogP) is 2.45. The van der Waals surface area contributed by atoms with Crippen LogP contribution in [0.15, 0.2) is 53.4 Å². The van der Waals surface area contributed by atoms with Crippen molar-refractivity contribution in [3.05, 3.63) is 59.7 Å². The Balaban J connectivity index is 1.72. The van der Waals surface area contributed by atoms with Crippen LogP contribution in [0.4, 0.5) is 5.69 Å². The summed E-state index contributed by atoms with van der Waals surface area (Å²) in [4.78, 5) is 23.8. The van der Waals surface area contributed by atoms with Crippen LogP contribution in [0.2, 0.25) is 0 Å². The number of nitrogens with one attached hydrogen (secondary N) is 2. The molecule has 3 rings (SSSR count). The van der Waals surface area contributed by atoms with Gasteiger partial charge in [-0.05, 0) is 56.0 Å². The van der Waals surface area contributed by atoms with Crippen molar-refractivity contribution in [2.24, 2.45) is 0 Å². The van der Waals surface area contributed by atoms with E-state index in [9.17, 15) is 18.0 Å². The summed E-state index contributed by atoms with van der Waals surface area (Å²) in [5, 5.41) is 11.5. The maximum absolute atomic E-state index is 13.0. The van der Waals surface area contributed by atoms with Crippen LogP contribution in [0.25, 0.3) is 0 Å². The largest absolute Gasteiger partial charge is 0.481 e. The van der Waals surface area contributed by atoms with E-state index in [4.69, 9.17) is 14.6 Å². The van der Waals surface area contributed by atoms with E-state index in [1.807, 2.05) is 6.92 Å². The van der Waals surface area contributed by atoms with Crippen molar-refractivity contribution in [1.29, 1.82) is 0 Å². The van der Waals surface area contributed by atoms with Crippen molar-refractivity contribution >= 4 is 27.6 Å². The normalized spacial score (nSPS) is 17.3. The summed E-state index contributed by atoms with van der Waals surface area (Å²) < 4.78 is 39.4. The molecule has 2 aromatic rings. The molecule has 0 aromatic heterocycles. The highest BCUT2D eigenvalue weighted by molar-refractivity contribution is 7.89. The van der Waals surface area contributed by atoms with Gasteiger partial charge in [-0.25, -0.2) is 8.42 Å². The maximum atomic E-state index is 13.0. The third-order valence-corrected chi connectivity index (χ3v) is 6.60. The van der Waals surface area contributed by atoms with Crippen molar-refractivity contribution in [2.45, 2.75) is 49.8 Å². The Morgan fingerprint density at radius 2 is 1.82 bits per heavy atom. The lowest BCUT2D eigenvalue weighted by Gasteiger charge is -2.25. The van der Waals surface area contributed by atoms with Crippen LogP contribution in [0.5, 0.6) is 0 Å². The van der Waals surface area contributed by atoms with Crippen molar-refractivity contribution in [2.75, 3.05) is 18.5 Å². The molecule has 1 aliphatic rings. The number of anilines is 1. The third-order valence-electron chi connectivity index (χ3n) is 5.11. The number of benzene rings is 2. The highest BCUT2D eigenvalue weighted by Gasteiger charge is 2.28. The molecule has 0 radical (unpaired) electrons. The quantitative estimate of drug-likeness (QED) is 0.480. The number of ether oxygens (including phenoxy) is 2. The molecule has 2 atom stereocenters. The zero-order valence-corrected chi connectivity index (χ0v) is 19.1. The van der Waals surface area contributed by atoms with Gasteiger partial charge in [0.15, 0.2) is 6.29 Å². The SMILES string of the molecule is Cc1ccc(S(=O)(=O)N[C@@H](COC2CCCCO2)C(=O)Nc2ccc(CC(=O)O)cc2)cc1. The Bertz CT molecular complexity index is 1050. The van der Waals surface area contributed by atoms with Gasteiger partial charge in [-0.15, -0.1) is 0 Å². The predicted molar refractivity (Wildman–Crippen MR) is 121 cm³/mol. The van der Waals surface area contributed by atoms with Gasteiger partial charge < -0.3 is 19.9 Å². The lowest BCUT2D eigenvalue weighted by atomic mass is 10.1. The van der Waals surface area contributed by atoms with Crippen molar-refractivity contribution in [3.8, 4) is 0 Å². The molecule has 1 fully saturated rings. The van der Waals surface area contributed by atoms with Crippen LogP contribution < -0.4 is 10.0 Å². The lowest BCUT2D eigenvalue weighted by Crippen LogP contribution is -2.47. The Morgan fingerprint density at radius 1 is 1.12 bits per heavy atom. The fraction of sp³-hybridized carbons (Fsp3) is 0.391. The number of aliphatic carboxylic acids is 1. The fourth-order valence-electron chi connectivity index (χ4n) is 3.29. The molecule has 1 amide bonds. The topological polar surface area (TPSA) is 131 Å². The summed E-state index contributed by atoms with van der Waals surface area (Å²) in [6.07, 6.45) is 1.90. The molecule has 1 saturated heterocycles. The minimum absolute atomic E-state index is 0.0397. The molecule has 10 heteroatoms. The summed E-state index contributed by atoms with van der Waals surface area (Å²) >= 11 is 0. The monoisotopic (exact) mass is 476 g/mol. The molecular weight excluding hydrogens is 448 g/mol. The highest BCUT2D eigenvalue weighted by atomic mass is 32.2. The van der Waals surface area contributed by atoms with Gasteiger partial charge in [-0.2, -0.15) is 4.72 Å². The van der Waals surface area contributed by atoms with Gasteiger partial charge in [0.25, 0.3) is 0 Å². The minimum Gasteiger partial charge on any atom is -0.481 e. The first-order valence-electron chi connectivity index (χ1n) is 10.7. The average Bonchev–Trinajstić information content (AvgIpc) is 2.78. The zero-order valence-electron chi connectivity index (χ0n) is 18.3. The van der Waals surface area contributed by atoms with Crippen molar-refractivity contribution < 1.29 is 32.6 Å². The number of rotatable bonds is 10. The summed E-state index contributed by atoms with van der Waals surface area (Å²) in [5.41, 5.74) is 1.89. The number of carbonyl (C=O) groups is 2. The maximum Gasteiger partial charge on any atom is 0.307 e. The average molecular weight is 477 g/mol. The molecule has 9 nitrogen and oxygen atoms in total. The molecule has 178 valence electrons. The second kappa shape index (κ2) is 11.4. The fourth-order valence-corrected chi connectivity index (χ4v) is 4.47. The van der Waals surface area contributed by atoms with Crippen molar-refractivity contribution in [3.63, 3.8) is 0 Å². The number of hydrogen-bond donors (Lipinski definition) is 3. The van der Waals surface area contributed by atoms with Crippen LogP contribution in [0.1, 0.15) is 30.4 Å². The summed E-state index contributed by atoms with van der Waals surface area (Å²) in [6.45, 7) is 2.19. The Kier molecular flexibility index (Phi) is 8.56. The molecule has 1 unspecified atom stereocenters. The molecule has 0 aliphatic carbocycles. The molecule has 0 saturated carbocycles. The smallest absolute Gasteiger partial charge is 0.307 e. The molecule has 33 heavy (non-hydrogen) atoms. The van der Waals surface area contributed by atoms with E-state index in [0.717, 1.165) is 18.4 Å². The number of carboxylic acids is 1. The molecular formula is C23H28N2O7S. The first-order valence-corrected chi connectivity index (χ1v) is 12.1. The van der Waals surface area contributed by atoms with Crippen LogP contribution in [-0.2, 0) is 35.5 Å². The van der Waals surface area contributed by atoms with Crippen LogP contribution in [0.3, 0.4) is 0 Å². The first kappa shape index (κ1) is 24.8. The number of amides is 1. The van der Waals surface area contributed by atoms with Crippen LogP contribution >= 0.6 is 0 Å². The van der Waals surface area contributed by atoms with Crippen molar-refractivity contribution in [1.82, 2.24) is 4.72 Å². The van der Waals surface area contributed by atoms with Gasteiger partial charge in [0.05, 0.1) is 17.9 Å². The molecule has 0 bridgehead atoms. The summed E-state index contributed by atoms with van der Waals surface area (Å²) in [6, 6.07) is 11.4. The van der Waals surface area contributed by atoms with Gasteiger partial charge in [-0.1, -0.05) is 29.8 Å². The second-order valence-corrected chi connectivity index (χ2v) is 9.59. The molecule has 0 spiro atoms. The molecule has 2 aromatic carbocycles. The molecule has 3 N–H and O–H groups in total. The van der Waals surface area contributed by atoms with E-state index in [0.29, 0.717) is 24.3 Å². The number of sulfonamides is 1.